The topological polar surface area (TPSA) is 75.0 Å². The van der Waals surface area contributed by atoms with E-state index in [0.717, 1.165) is 5.56 Å². The summed E-state index contributed by atoms with van der Waals surface area (Å²) >= 11 is 0. The zero-order valence-corrected chi connectivity index (χ0v) is 13.5. The zero-order valence-electron chi connectivity index (χ0n) is 13.5. The first-order valence-electron chi connectivity index (χ1n) is 7.27. The van der Waals surface area contributed by atoms with Crippen LogP contribution in [0.3, 0.4) is 0 Å². The van der Waals surface area contributed by atoms with Gasteiger partial charge in [-0.2, -0.15) is 0 Å². The fourth-order valence-electron chi connectivity index (χ4n) is 2.17. The molecule has 0 saturated heterocycles. The van der Waals surface area contributed by atoms with Gasteiger partial charge < -0.3 is 15.6 Å². The number of carbonyl (C=O) groups excluding carboxylic acids is 1. The van der Waals surface area contributed by atoms with Crippen LogP contribution in [0.2, 0.25) is 0 Å². The molecule has 1 aromatic heterocycles. The lowest BCUT2D eigenvalue weighted by Crippen LogP contribution is -2.33. The van der Waals surface area contributed by atoms with E-state index in [9.17, 15) is 9.18 Å². The summed E-state index contributed by atoms with van der Waals surface area (Å²) in [7, 11) is 1.67. The Hall–Kier alpha value is -2.47. The number of benzene rings is 1. The van der Waals surface area contributed by atoms with Gasteiger partial charge in [0, 0.05) is 31.1 Å². The lowest BCUT2D eigenvalue weighted by Gasteiger charge is -2.26. The number of hydrogen-bond acceptors (Lipinski definition) is 3. The normalized spacial score (nSPS) is 13.3. The van der Waals surface area contributed by atoms with Gasteiger partial charge in [-0.25, -0.2) is 9.37 Å². The second kappa shape index (κ2) is 6.75. The van der Waals surface area contributed by atoms with Crippen molar-refractivity contribution in [2.24, 2.45) is 5.73 Å². The fraction of sp³-hybridized carbons (Fsp3) is 0.294. The van der Waals surface area contributed by atoms with Gasteiger partial charge in [-0.3, -0.25) is 4.79 Å². The van der Waals surface area contributed by atoms with Crippen LogP contribution in [0.1, 0.15) is 31.3 Å². The lowest BCUT2D eigenvalue weighted by atomic mass is 10.0. The second-order valence-corrected chi connectivity index (χ2v) is 6.03. The number of carbonyl (C=O) groups is 1. The van der Waals surface area contributed by atoms with E-state index in [1.807, 2.05) is 0 Å². The molecule has 2 rings (SSSR count). The molecule has 1 heterocycles. The smallest absolute Gasteiger partial charge is 0.246 e. The third-order valence-electron chi connectivity index (χ3n) is 3.35. The summed E-state index contributed by atoms with van der Waals surface area (Å²) in [6, 6.07) is 5.57. The van der Waals surface area contributed by atoms with Crippen LogP contribution in [0.5, 0.6) is 0 Å². The van der Waals surface area contributed by atoms with Crippen molar-refractivity contribution in [1.82, 2.24) is 14.9 Å². The van der Waals surface area contributed by atoms with E-state index in [-0.39, 0.29) is 11.7 Å². The Morgan fingerprint density at radius 3 is 2.57 bits per heavy atom. The van der Waals surface area contributed by atoms with Crippen LogP contribution in [-0.4, -0.2) is 33.4 Å². The average Bonchev–Trinajstić information content (AvgIpc) is 3.00. The summed E-state index contributed by atoms with van der Waals surface area (Å²) in [5, 5.41) is 0. The number of rotatable bonds is 5. The first kappa shape index (κ1) is 16.9. The molecule has 0 aliphatic heterocycles. The number of hydrogen-bond donors (Lipinski definition) is 2. The Kier molecular flexibility index (Phi) is 4.95. The van der Waals surface area contributed by atoms with Crippen molar-refractivity contribution in [3.05, 3.63) is 66.0 Å². The zero-order chi connectivity index (χ0) is 17.0. The van der Waals surface area contributed by atoms with Crippen molar-refractivity contribution in [2.75, 3.05) is 7.05 Å². The highest BCUT2D eigenvalue weighted by Crippen LogP contribution is 2.25. The van der Waals surface area contributed by atoms with E-state index in [4.69, 9.17) is 5.73 Å². The van der Waals surface area contributed by atoms with Gasteiger partial charge in [-0.15, -0.1) is 0 Å². The maximum absolute atomic E-state index is 13.2. The first-order valence-corrected chi connectivity index (χ1v) is 7.27. The molecular weight excluding hydrogens is 295 g/mol. The molecule has 1 atom stereocenters. The third kappa shape index (κ3) is 4.50. The van der Waals surface area contributed by atoms with E-state index in [2.05, 4.69) is 9.97 Å². The Labute approximate surface area is 135 Å². The minimum atomic E-state index is -0.577. The number of imidazole rings is 1. The number of aromatic nitrogens is 2. The Morgan fingerprint density at radius 1 is 1.39 bits per heavy atom. The Morgan fingerprint density at radius 2 is 2.04 bits per heavy atom. The third-order valence-corrected chi connectivity index (χ3v) is 3.35. The Balaban J connectivity index is 2.32. The van der Waals surface area contributed by atoms with Gasteiger partial charge in [0.1, 0.15) is 17.7 Å². The molecule has 0 saturated carbocycles. The molecule has 6 heteroatoms. The molecule has 122 valence electrons. The molecule has 1 unspecified atom stereocenters. The molecule has 5 nitrogen and oxygen atoms in total. The number of nitrogens with one attached hydrogen (secondary N) is 1. The maximum atomic E-state index is 13.2. The van der Waals surface area contributed by atoms with E-state index < -0.39 is 11.6 Å². The molecule has 0 aliphatic carbocycles. The maximum Gasteiger partial charge on any atom is 0.246 e. The van der Waals surface area contributed by atoms with Gasteiger partial charge in [0.25, 0.3) is 0 Å². The summed E-state index contributed by atoms with van der Waals surface area (Å²) in [5.74, 6) is 0.0628. The average molecular weight is 316 g/mol. The molecule has 2 aromatic rings. The summed E-state index contributed by atoms with van der Waals surface area (Å²) in [6.07, 6.45) is 6.39. The van der Waals surface area contributed by atoms with Gasteiger partial charge in [0.2, 0.25) is 5.91 Å². The van der Waals surface area contributed by atoms with Gasteiger partial charge in [0.05, 0.1) is 0 Å². The monoisotopic (exact) mass is 316 g/mol. The van der Waals surface area contributed by atoms with Gasteiger partial charge in [-0.1, -0.05) is 18.2 Å². The molecular formula is C17H21FN4O. The number of H-pyrrole nitrogens is 1. The highest BCUT2D eigenvalue weighted by Gasteiger charge is 2.24. The van der Waals surface area contributed by atoms with Crippen molar-refractivity contribution < 1.29 is 9.18 Å². The van der Waals surface area contributed by atoms with E-state index in [1.165, 1.54) is 23.1 Å². The summed E-state index contributed by atoms with van der Waals surface area (Å²) in [6.45, 7) is 3.61. The van der Waals surface area contributed by atoms with Crippen LogP contribution in [0, 0.1) is 5.82 Å². The van der Waals surface area contributed by atoms with Crippen molar-refractivity contribution in [3.8, 4) is 0 Å². The van der Waals surface area contributed by atoms with Gasteiger partial charge in [-0.05, 0) is 31.5 Å². The number of halogens is 1. The fourth-order valence-corrected chi connectivity index (χ4v) is 2.17. The number of aromatic amines is 1. The molecule has 0 bridgehead atoms. The number of likely N-dealkylation sites (N-methyl/N-ethyl adjacent to an activating group) is 1. The second-order valence-electron chi connectivity index (χ2n) is 6.03. The molecule has 1 aromatic carbocycles. The van der Waals surface area contributed by atoms with Crippen LogP contribution in [0.25, 0.3) is 0 Å². The largest absolute Gasteiger partial charge is 0.347 e. The van der Waals surface area contributed by atoms with Crippen LogP contribution in [0.15, 0.2) is 48.8 Å². The SMILES string of the molecule is CN(C(=O)/C=C/C(C)(C)N)C(c1ccc(F)cc1)c1ncc[nH]1. The van der Waals surface area contributed by atoms with E-state index in [1.54, 1.807) is 51.5 Å². The highest BCUT2D eigenvalue weighted by atomic mass is 19.1. The van der Waals surface area contributed by atoms with E-state index in [0.29, 0.717) is 5.82 Å². The van der Waals surface area contributed by atoms with Crippen molar-refractivity contribution in [2.45, 2.75) is 25.4 Å². The van der Waals surface area contributed by atoms with Crippen molar-refractivity contribution in [1.29, 1.82) is 0 Å². The van der Waals surface area contributed by atoms with Crippen molar-refractivity contribution in [3.63, 3.8) is 0 Å². The Bertz CT molecular complexity index is 672. The van der Waals surface area contributed by atoms with Crippen LogP contribution < -0.4 is 5.73 Å². The minimum Gasteiger partial charge on any atom is -0.347 e. The predicted octanol–water partition coefficient (Wildman–Crippen LogP) is 2.39. The molecule has 0 aliphatic rings. The highest BCUT2D eigenvalue weighted by molar-refractivity contribution is 5.88. The van der Waals surface area contributed by atoms with E-state index >= 15 is 0 Å². The summed E-state index contributed by atoms with van der Waals surface area (Å²) < 4.78 is 13.2. The molecule has 1 amide bonds. The molecule has 3 N–H and O–H groups in total. The van der Waals surface area contributed by atoms with Gasteiger partial charge >= 0.3 is 0 Å². The molecule has 23 heavy (non-hydrogen) atoms. The van der Waals surface area contributed by atoms with Crippen LogP contribution >= 0.6 is 0 Å². The van der Waals surface area contributed by atoms with Gasteiger partial charge in [0.15, 0.2) is 0 Å². The van der Waals surface area contributed by atoms with Crippen LogP contribution in [0.4, 0.5) is 4.39 Å². The lowest BCUT2D eigenvalue weighted by molar-refractivity contribution is -0.126. The number of nitrogens with two attached hydrogens (primary N) is 1. The number of amides is 1. The standard InChI is InChI=1S/C17H21FN4O/c1-17(2,19)9-8-14(23)22(3)15(16-20-10-11-21-16)12-4-6-13(18)7-5-12/h4-11,15H,19H2,1-3H3,(H,20,21)/b9-8+. The van der Waals surface area contributed by atoms with Crippen molar-refractivity contribution >= 4 is 5.91 Å². The minimum absolute atomic E-state index is 0.214. The summed E-state index contributed by atoms with van der Waals surface area (Å²) in [4.78, 5) is 21.2. The summed E-state index contributed by atoms with van der Waals surface area (Å²) in [5.41, 5.74) is 6.05. The quantitative estimate of drug-likeness (QED) is 0.832. The van der Waals surface area contributed by atoms with Crippen LogP contribution in [-0.2, 0) is 4.79 Å². The first-order chi connectivity index (χ1) is 10.8. The molecule has 0 spiro atoms. The number of nitrogens with zero attached hydrogens (tertiary/aromatic N) is 2. The molecule has 0 fully saturated rings. The predicted molar refractivity (Wildman–Crippen MR) is 87.0 cm³/mol. The molecule has 0 radical (unpaired) electrons.